The number of pyridine rings is 1. The predicted octanol–water partition coefficient (Wildman–Crippen LogP) is 4.30. The number of aromatic nitrogens is 3. The highest BCUT2D eigenvalue weighted by atomic mass is 19.1. The van der Waals surface area contributed by atoms with Gasteiger partial charge in [-0.2, -0.15) is 0 Å². The normalized spacial score (nSPS) is 22.2. The molecule has 0 atom stereocenters. The lowest BCUT2D eigenvalue weighted by Gasteiger charge is -2.36. The topological polar surface area (TPSA) is 109 Å². The third-order valence-corrected chi connectivity index (χ3v) is 6.22. The van der Waals surface area contributed by atoms with Crippen LogP contribution in [-0.2, 0) is 10.3 Å². The first kappa shape index (κ1) is 23.4. The number of nitrogens with zero attached hydrogens (tertiary/aromatic N) is 3. The van der Waals surface area contributed by atoms with Crippen LogP contribution in [0.15, 0.2) is 24.5 Å². The Balaban J connectivity index is 1.37. The zero-order valence-electron chi connectivity index (χ0n) is 19.4. The maximum absolute atomic E-state index is 14.6. The molecule has 33 heavy (non-hydrogen) atoms. The van der Waals surface area contributed by atoms with E-state index in [0.717, 1.165) is 32.1 Å². The van der Waals surface area contributed by atoms with Crippen molar-refractivity contribution < 1.29 is 19.0 Å². The summed E-state index contributed by atoms with van der Waals surface area (Å²) in [7, 11) is 0. The average molecular weight is 458 g/mol. The largest absolute Gasteiger partial charge is 0.444 e. The molecule has 0 unspecified atom stereocenters. The van der Waals surface area contributed by atoms with E-state index in [0.29, 0.717) is 30.0 Å². The Hall–Kier alpha value is -2.81. The van der Waals surface area contributed by atoms with Crippen LogP contribution in [0.1, 0.15) is 71.4 Å². The standard InChI is InChI=1S/C24H32FN5O3/c1-23(2,3)33-22(31)29-17-7-5-16(6-8-17)28-21-27-14-18(25)20(30-21)15-9-12-26-19(13-15)24(32)10-4-11-24/h9,12-14,16-17,32H,4-8,10-11H2,1-3H3,(H,29,31)(H,27,28,30)/t16-,17-. The van der Waals surface area contributed by atoms with Crippen molar-refractivity contribution in [2.45, 2.75) is 89.0 Å². The van der Waals surface area contributed by atoms with E-state index >= 15 is 0 Å². The number of hydrogen-bond donors (Lipinski definition) is 3. The Kier molecular flexibility index (Phi) is 6.52. The molecule has 2 aliphatic carbocycles. The van der Waals surface area contributed by atoms with Crippen LogP contribution in [0.25, 0.3) is 11.3 Å². The van der Waals surface area contributed by atoms with E-state index in [9.17, 15) is 14.3 Å². The van der Waals surface area contributed by atoms with Gasteiger partial charge in [-0.25, -0.2) is 19.2 Å². The second kappa shape index (κ2) is 9.21. The molecule has 8 nitrogen and oxygen atoms in total. The van der Waals surface area contributed by atoms with Gasteiger partial charge in [-0.3, -0.25) is 4.98 Å². The molecule has 2 aromatic rings. The molecule has 0 spiro atoms. The molecule has 178 valence electrons. The summed E-state index contributed by atoms with van der Waals surface area (Å²) in [5, 5.41) is 16.8. The van der Waals surface area contributed by atoms with Gasteiger partial charge in [0.1, 0.15) is 16.9 Å². The van der Waals surface area contributed by atoms with Gasteiger partial charge in [-0.05, 0) is 77.8 Å². The zero-order chi connectivity index (χ0) is 23.6. The molecule has 1 amide bonds. The number of anilines is 1. The number of rotatable bonds is 5. The van der Waals surface area contributed by atoms with Crippen LogP contribution in [-0.4, -0.2) is 43.8 Å². The fourth-order valence-electron chi connectivity index (χ4n) is 4.28. The van der Waals surface area contributed by atoms with Crippen LogP contribution in [0.5, 0.6) is 0 Å². The molecule has 3 N–H and O–H groups in total. The Morgan fingerprint density at radius 1 is 1.18 bits per heavy atom. The quantitative estimate of drug-likeness (QED) is 0.614. The monoisotopic (exact) mass is 457 g/mol. The van der Waals surface area contributed by atoms with E-state index in [4.69, 9.17) is 4.74 Å². The minimum atomic E-state index is -0.924. The molecule has 2 heterocycles. The number of amides is 1. The summed E-state index contributed by atoms with van der Waals surface area (Å²) in [4.78, 5) is 24.8. The Labute approximate surface area is 193 Å². The van der Waals surface area contributed by atoms with E-state index < -0.39 is 23.1 Å². The lowest BCUT2D eigenvalue weighted by Crippen LogP contribution is -2.42. The number of hydrogen-bond acceptors (Lipinski definition) is 7. The van der Waals surface area contributed by atoms with Gasteiger partial charge in [0.2, 0.25) is 5.95 Å². The van der Waals surface area contributed by atoms with Gasteiger partial charge >= 0.3 is 6.09 Å². The van der Waals surface area contributed by atoms with Gasteiger partial charge < -0.3 is 20.5 Å². The summed E-state index contributed by atoms with van der Waals surface area (Å²) in [6.07, 6.45) is 7.87. The van der Waals surface area contributed by atoms with Crippen molar-refractivity contribution in [2.75, 3.05) is 5.32 Å². The van der Waals surface area contributed by atoms with Crippen LogP contribution >= 0.6 is 0 Å². The molecular formula is C24H32FN5O3. The van der Waals surface area contributed by atoms with Crippen molar-refractivity contribution in [2.24, 2.45) is 0 Å². The molecule has 9 heteroatoms. The summed E-state index contributed by atoms with van der Waals surface area (Å²) in [6.45, 7) is 5.52. The van der Waals surface area contributed by atoms with E-state index in [1.165, 1.54) is 6.20 Å². The number of nitrogens with one attached hydrogen (secondary N) is 2. The van der Waals surface area contributed by atoms with Crippen molar-refractivity contribution in [3.8, 4) is 11.3 Å². The fourth-order valence-corrected chi connectivity index (χ4v) is 4.28. The first-order valence-corrected chi connectivity index (χ1v) is 11.6. The average Bonchev–Trinajstić information content (AvgIpc) is 2.73. The first-order valence-electron chi connectivity index (χ1n) is 11.6. The molecule has 0 bridgehead atoms. The lowest BCUT2D eigenvalue weighted by molar-refractivity contribution is -0.0425. The van der Waals surface area contributed by atoms with Gasteiger partial charge in [0.15, 0.2) is 5.82 Å². The smallest absolute Gasteiger partial charge is 0.407 e. The Morgan fingerprint density at radius 3 is 2.52 bits per heavy atom. The van der Waals surface area contributed by atoms with Crippen LogP contribution in [0.4, 0.5) is 15.1 Å². The summed E-state index contributed by atoms with van der Waals surface area (Å²) >= 11 is 0. The number of alkyl carbamates (subject to hydrolysis) is 1. The minimum Gasteiger partial charge on any atom is -0.444 e. The maximum atomic E-state index is 14.6. The maximum Gasteiger partial charge on any atom is 0.407 e. The van der Waals surface area contributed by atoms with E-state index in [1.54, 1.807) is 18.3 Å². The predicted molar refractivity (Wildman–Crippen MR) is 122 cm³/mol. The Bertz CT molecular complexity index is 998. The highest BCUT2D eigenvalue weighted by Crippen LogP contribution is 2.41. The van der Waals surface area contributed by atoms with E-state index in [-0.39, 0.29) is 17.8 Å². The lowest BCUT2D eigenvalue weighted by atomic mass is 9.77. The highest BCUT2D eigenvalue weighted by molar-refractivity contribution is 5.68. The number of carbonyl (C=O) groups excluding carboxylic acids is 1. The zero-order valence-corrected chi connectivity index (χ0v) is 19.4. The van der Waals surface area contributed by atoms with Crippen LogP contribution in [0.3, 0.4) is 0 Å². The highest BCUT2D eigenvalue weighted by Gasteiger charge is 2.37. The van der Waals surface area contributed by atoms with Crippen LogP contribution < -0.4 is 10.6 Å². The van der Waals surface area contributed by atoms with Crippen LogP contribution in [0, 0.1) is 5.82 Å². The van der Waals surface area contributed by atoms with Crippen LogP contribution in [0.2, 0.25) is 0 Å². The Morgan fingerprint density at radius 2 is 1.88 bits per heavy atom. The molecule has 0 aliphatic heterocycles. The number of halogens is 1. The molecule has 2 aliphatic rings. The van der Waals surface area contributed by atoms with E-state index in [1.807, 2.05) is 20.8 Å². The van der Waals surface area contributed by atoms with Crippen molar-refractivity contribution in [3.63, 3.8) is 0 Å². The van der Waals surface area contributed by atoms with E-state index in [2.05, 4.69) is 25.6 Å². The van der Waals surface area contributed by atoms with Crippen molar-refractivity contribution >= 4 is 12.0 Å². The summed E-state index contributed by atoms with van der Waals surface area (Å²) in [5.74, 6) is -0.167. The summed E-state index contributed by atoms with van der Waals surface area (Å²) < 4.78 is 19.9. The minimum absolute atomic E-state index is 0.0649. The first-order chi connectivity index (χ1) is 15.6. The third kappa shape index (κ3) is 5.76. The van der Waals surface area contributed by atoms with Crippen molar-refractivity contribution in [1.82, 2.24) is 20.3 Å². The fraction of sp³-hybridized carbons (Fsp3) is 0.583. The molecule has 4 rings (SSSR count). The number of aliphatic hydroxyl groups is 1. The SMILES string of the molecule is CC(C)(C)OC(=O)N[C@H]1CC[C@H](Nc2ncc(F)c(-c3ccnc(C4(O)CCC4)c3)n2)CC1. The molecular weight excluding hydrogens is 425 g/mol. The molecule has 2 aromatic heterocycles. The molecule has 2 fully saturated rings. The van der Waals surface area contributed by atoms with Gasteiger partial charge in [0.25, 0.3) is 0 Å². The summed E-state index contributed by atoms with van der Waals surface area (Å²) in [6, 6.07) is 3.59. The van der Waals surface area contributed by atoms with Gasteiger partial charge in [0, 0.05) is 23.8 Å². The molecule has 0 radical (unpaired) electrons. The second-order valence-electron chi connectivity index (χ2n) is 10.0. The third-order valence-electron chi connectivity index (χ3n) is 6.22. The number of carbonyl (C=O) groups is 1. The van der Waals surface area contributed by atoms with Gasteiger partial charge in [0.05, 0.1) is 11.9 Å². The molecule has 0 aromatic carbocycles. The summed E-state index contributed by atoms with van der Waals surface area (Å²) in [5.41, 5.74) is -0.152. The molecule has 2 saturated carbocycles. The molecule has 0 saturated heterocycles. The second-order valence-corrected chi connectivity index (χ2v) is 10.0. The van der Waals surface area contributed by atoms with Crippen molar-refractivity contribution in [3.05, 3.63) is 36.0 Å². The number of ether oxygens (including phenoxy) is 1. The van der Waals surface area contributed by atoms with Gasteiger partial charge in [-0.1, -0.05) is 0 Å². The van der Waals surface area contributed by atoms with Gasteiger partial charge in [-0.15, -0.1) is 0 Å². The van der Waals surface area contributed by atoms with Crippen molar-refractivity contribution in [1.29, 1.82) is 0 Å².